The summed E-state index contributed by atoms with van der Waals surface area (Å²) in [5, 5.41) is 3.63. The number of hydrogen-bond donors (Lipinski definition) is 1. The molecule has 0 bridgehead atoms. The normalized spacial score (nSPS) is 26.5. The van der Waals surface area contributed by atoms with Gasteiger partial charge in [0.1, 0.15) is 0 Å². The fourth-order valence-corrected chi connectivity index (χ4v) is 2.52. The van der Waals surface area contributed by atoms with Gasteiger partial charge in [0.15, 0.2) is 0 Å². The second-order valence-corrected chi connectivity index (χ2v) is 5.34. The van der Waals surface area contributed by atoms with Gasteiger partial charge in [0, 0.05) is 32.3 Å². The Morgan fingerprint density at radius 3 is 2.82 bits per heavy atom. The molecule has 0 aromatic carbocycles. The highest BCUT2D eigenvalue weighted by Crippen LogP contribution is 2.12. The van der Waals surface area contributed by atoms with Crippen LogP contribution in [-0.2, 0) is 4.74 Å². The van der Waals surface area contributed by atoms with E-state index in [9.17, 15) is 0 Å². The first-order valence-corrected chi connectivity index (χ1v) is 7.24. The van der Waals surface area contributed by atoms with E-state index in [2.05, 4.69) is 37.9 Å². The van der Waals surface area contributed by atoms with Crippen LogP contribution in [0.15, 0.2) is 0 Å². The Bertz CT molecular complexity index is 199. The summed E-state index contributed by atoms with van der Waals surface area (Å²) < 4.78 is 5.70. The first-order valence-electron chi connectivity index (χ1n) is 7.24. The third-order valence-corrected chi connectivity index (χ3v) is 3.79. The number of nitrogens with zero attached hydrogens (tertiary/aromatic N) is 1. The van der Waals surface area contributed by atoms with Gasteiger partial charge in [0.05, 0.1) is 6.10 Å². The summed E-state index contributed by atoms with van der Waals surface area (Å²) >= 11 is 0. The lowest BCUT2D eigenvalue weighted by molar-refractivity contribution is 0.0653. The maximum Gasteiger partial charge on any atom is 0.0673 e. The summed E-state index contributed by atoms with van der Waals surface area (Å²) in [6.07, 6.45) is 2.80. The van der Waals surface area contributed by atoms with Crippen molar-refractivity contribution in [3.63, 3.8) is 0 Å². The van der Waals surface area contributed by atoms with Crippen molar-refractivity contribution in [3.05, 3.63) is 0 Å². The predicted molar refractivity (Wildman–Crippen MR) is 73.4 cm³/mol. The van der Waals surface area contributed by atoms with Gasteiger partial charge in [-0.3, -0.25) is 4.90 Å². The first kappa shape index (κ1) is 14.9. The summed E-state index contributed by atoms with van der Waals surface area (Å²) in [6, 6.07) is 0.621. The van der Waals surface area contributed by atoms with Crippen molar-refractivity contribution in [1.29, 1.82) is 0 Å². The third kappa shape index (κ3) is 5.36. The lowest BCUT2D eigenvalue weighted by Gasteiger charge is -2.31. The summed E-state index contributed by atoms with van der Waals surface area (Å²) in [6.45, 7) is 14.4. The topological polar surface area (TPSA) is 24.5 Å². The zero-order valence-electron chi connectivity index (χ0n) is 12.0. The molecular formula is C14H30N2O. The van der Waals surface area contributed by atoms with Gasteiger partial charge in [-0.15, -0.1) is 0 Å². The number of ether oxygens (including phenoxy) is 1. The average molecular weight is 242 g/mol. The van der Waals surface area contributed by atoms with E-state index in [-0.39, 0.29) is 0 Å². The van der Waals surface area contributed by atoms with E-state index in [0.717, 1.165) is 32.2 Å². The molecule has 0 amide bonds. The highest BCUT2D eigenvalue weighted by molar-refractivity contribution is 4.78. The van der Waals surface area contributed by atoms with E-state index in [0.29, 0.717) is 12.1 Å². The van der Waals surface area contributed by atoms with Crippen LogP contribution in [0.4, 0.5) is 0 Å². The maximum atomic E-state index is 5.70. The zero-order valence-corrected chi connectivity index (χ0v) is 12.0. The van der Waals surface area contributed by atoms with Gasteiger partial charge in [0.25, 0.3) is 0 Å². The largest absolute Gasteiger partial charge is 0.377 e. The van der Waals surface area contributed by atoms with Gasteiger partial charge in [-0.05, 0) is 25.8 Å². The molecule has 0 saturated carbocycles. The Morgan fingerprint density at radius 1 is 1.41 bits per heavy atom. The number of likely N-dealkylation sites (N-methyl/N-ethyl adjacent to an activating group) is 1. The van der Waals surface area contributed by atoms with Crippen molar-refractivity contribution < 1.29 is 4.74 Å². The Balaban J connectivity index is 2.46. The van der Waals surface area contributed by atoms with Crippen LogP contribution in [0.5, 0.6) is 0 Å². The summed E-state index contributed by atoms with van der Waals surface area (Å²) in [7, 11) is 0. The van der Waals surface area contributed by atoms with Crippen molar-refractivity contribution in [1.82, 2.24) is 10.2 Å². The molecule has 102 valence electrons. The number of hydrogen-bond acceptors (Lipinski definition) is 3. The Hall–Kier alpha value is -0.120. The molecule has 0 aromatic heterocycles. The molecule has 1 heterocycles. The molecule has 1 aliphatic heterocycles. The molecule has 1 N–H and O–H groups in total. The molecule has 3 unspecified atom stereocenters. The minimum Gasteiger partial charge on any atom is -0.377 e. The van der Waals surface area contributed by atoms with E-state index in [1.807, 2.05) is 0 Å². The number of nitrogens with one attached hydrogen (secondary N) is 1. The molecule has 1 fully saturated rings. The van der Waals surface area contributed by atoms with E-state index < -0.39 is 0 Å². The van der Waals surface area contributed by atoms with Crippen LogP contribution in [0.25, 0.3) is 0 Å². The summed E-state index contributed by atoms with van der Waals surface area (Å²) in [5.41, 5.74) is 0. The second kappa shape index (κ2) is 8.06. The molecule has 3 atom stereocenters. The second-order valence-electron chi connectivity index (χ2n) is 5.34. The van der Waals surface area contributed by atoms with Crippen LogP contribution in [-0.4, -0.2) is 49.8 Å². The van der Waals surface area contributed by atoms with E-state index in [4.69, 9.17) is 4.74 Å². The van der Waals surface area contributed by atoms with E-state index in [1.165, 1.54) is 19.4 Å². The van der Waals surface area contributed by atoms with Crippen molar-refractivity contribution in [3.8, 4) is 0 Å². The van der Waals surface area contributed by atoms with E-state index in [1.54, 1.807) is 0 Å². The monoisotopic (exact) mass is 242 g/mol. The van der Waals surface area contributed by atoms with Crippen molar-refractivity contribution in [2.75, 3.05) is 32.8 Å². The fraction of sp³-hybridized carbons (Fsp3) is 1.00. The minimum atomic E-state index is 0.386. The van der Waals surface area contributed by atoms with Crippen molar-refractivity contribution in [2.24, 2.45) is 5.92 Å². The first-order chi connectivity index (χ1) is 8.17. The molecule has 0 aliphatic carbocycles. The highest BCUT2D eigenvalue weighted by Gasteiger charge is 2.21. The summed E-state index contributed by atoms with van der Waals surface area (Å²) in [5.74, 6) is 0.745. The lowest BCUT2D eigenvalue weighted by Crippen LogP contribution is -2.46. The molecule has 0 spiro atoms. The molecule has 3 nitrogen and oxygen atoms in total. The third-order valence-electron chi connectivity index (χ3n) is 3.79. The molecule has 17 heavy (non-hydrogen) atoms. The Labute approximate surface area is 107 Å². The maximum absolute atomic E-state index is 5.70. The van der Waals surface area contributed by atoms with Gasteiger partial charge in [-0.2, -0.15) is 0 Å². The van der Waals surface area contributed by atoms with Gasteiger partial charge >= 0.3 is 0 Å². The molecule has 0 radical (unpaired) electrons. The molecular weight excluding hydrogens is 212 g/mol. The zero-order chi connectivity index (χ0) is 12.7. The van der Waals surface area contributed by atoms with Crippen molar-refractivity contribution in [2.45, 2.75) is 52.7 Å². The minimum absolute atomic E-state index is 0.386. The number of rotatable bonds is 6. The highest BCUT2D eigenvalue weighted by atomic mass is 16.5. The van der Waals surface area contributed by atoms with Crippen molar-refractivity contribution >= 4 is 0 Å². The van der Waals surface area contributed by atoms with Crippen LogP contribution in [0.2, 0.25) is 0 Å². The fourth-order valence-electron chi connectivity index (χ4n) is 2.52. The predicted octanol–water partition coefficient (Wildman–Crippen LogP) is 2.12. The molecule has 3 heteroatoms. The van der Waals surface area contributed by atoms with Gasteiger partial charge in [-0.25, -0.2) is 0 Å². The van der Waals surface area contributed by atoms with Crippen LogP contribution in [0.3, 0.4) is 0 Å². The van der Waals surface area contributed by atoms with Gasteiger partial charge < -0.3 is 10.1 Å². The molecule has 1 rings (SSSR count). The summed E-state index contributed by atoms with van der Waals surface area (Å²) in [4.78, 5) is 2.57. The van der Waals surface area contributed by atoms with E-state index >= 15 is 0 Å². The molecule has 1 aliphatic rings. The Morgan fingerprint density at radius 2 is 2.18 bits per heavy atom. The molecule has 0 aromatic rings. The smallest absolute Gasteiger partial charge is 0.0673 e. The van der Waals surface area contributed by atoms with Crippen LogP contribution >= 0.6 is 0 Å². The van der Waals surface area contributed by atoms with Crippen LogP contribution in [0.1, 0.15) is 40.5 Å². The molecule has 1 saturated heterocycles. The van der Waals surface area contributed by atoms with Gasteiger partial charge in [-0.1, -0.05) is 27.2 Å². The lowest BCUT2D eigenvalue weighted by atomic mass is 9.98. The van der Waals surface area contributed by atoms with Gasteiger partial charge in [0.2, 0.25) is 0 Å². The van der Waals surface area contributed by atoms with Crippen LogP contribution < -0.4 is 5.32 Å². The SMILES string of the molecule is CCNC(CN1CCCOC(C)C1)C(C)CC. The van der Waals surface area contributed by atoms with Crippen LogP contribution in [0, 0.1) is 5.92 Å². The Kier molecular flexibility index (Phi) is 7.09. The average Bonchev–Trinajstić information content (AvgIpc) is 2.52. The standard InChI is InChI=1S/C14H30N2O/c1-5-12(3)14(15-6-2)11-16-8-7-9-17-13(4)10-16/h12-15H,5-11H2,1-4H3. The quantitative estimate of drug-likeness (QED) is 0.772.